The van der Waals surface area contributed by atoms with Gasteiger partial charge in [-0.05, 0) is 49.4 Å². The Morgan fingerprint density at radius 3 is 2.63 bits per heavy atom. The molecule has 0 bridgehead atoms. The summed E-state index contributed by atoms with van der Waals surface area (Å²) >= 11 is 0. The van der Waals surface area contributed by atoms with Gasteiger partial charge in [0.25, 0.3) is 0 Å². The van der Waals surface area contributed by atoms with Gasteiger partial charge in [-0.3, -0.25) is 0 Å². The summed E-state index contributed by atoms with van der Waals surface area (Å²) in [5.74, 6) is 0.478. The first-order chi connectivity index (χ1) is 9.00. The zero-order chi connectivity index (χ0) is 14.0. The smallest absolute Gasteiger partial charge is 0.123 e. The van der Waals surface area contributed by atoms with Crippen LogP contribution in [0, 0.1) is 11.7 Å². The van der Waals surface area contributed by atoms with Crippen LogP contribution in [0.1, 0.15) is 51.1 Å². The number of benzene rings is 1. The number of nitrogens with two attached hydrogens (primary N) is 1. The maximum atomic E-state index is 13.4. The molecule has 2 nitrogen and oxygen atoms in total. The van der Waals surface area contributed by atoms with Gasteiger partial charge in [-0.25, -0.2) is 4.39 Å². The lowest BCUT2D eigenvalue weighted by Crippen LogP contribution is -2.39. The molecule has 0 aromatic heterocycles. The molecule has 1 aliphatic rings. The number of nitrogens with zero attached hydrogens (tertiary/aromatic N) is 1. The Balaban J connectivity index is 2.29. The molecule has 0 amide bonds. The first-order valence-electron chi connectivity index (χ1n) is 7.28. The Morgan fingerprint density at radius 1 is 1.32 bits per heavy atom. The van der Waals surface area contributed by atoms with E-state index in [0.717, 1.165) is 11.3 Å². The van der Waals surface area contributed by atoms with E-state index >= 15 is 0 Å². The lowest BCUT2D eigenvalue weighted by atomic mass is 9.84. The van der Waals surface area contributed by atoms with Crippen LogP contribution in [0.15, 0.2) is 18.2 Å². The van der Waals surface area contributed by atoms with Gasteiger partial charge in [0, 0.05) is 24.8 Å². The van der Waals surface area contributed by atoms with E-state index in [9.17, 15) is 4.39 Å². The molecule has 0 radical (unpaired) electrons. The molecule has 2 rings (SSSR count). The second-order valence-corrected chi connectivity index (χ2v) is 5.93. The van der Waals surface area contributed by atoms with Gasteiger partial charge in [-0.1, -0.05) is 19.8 Å². The predicted molar refractivity (Wildman–Crippen MR) is 78.8 cm³/mol. The van der Waals surface area contributed by atoms with Crippen molar-refractivity contribution < 1.29 is 4.39 Å². The molecule has 1 saturated carbocycles. The van der Waals surface area contributed by atoms with Gasteiger partial charge in [0.2, 0.25) is 0 Å². The third-order valence-electron chi connectivity index (χ3n) is 4.42. The van der Waals surface area contributed by atoms with Crippen molar-refractivity contribution in [1.29, 1.82) is 0 Å². The molecule has 0 heterocycles. The van der Waals surface area contributed by atoms with Crippen molar-refractivity contribution in [1.82, 2.24) is 0 Å². The minimum Gasteiger partial charge on any atom is -0.371 e. The average Bonchev–Trinajstić information content (AvgIpc) is 2.38. The van der Waals surface area contributed by atoms with Crippen molar-refractivity contribution in [3.05, 3.63) is 29.6 Å². The Bertz CT molecular complexity index is 431. The molecule has 1 aliphatic carbocycles. The van der Waals surface area contributed by atoms with E-state index in [2.05, 4.69) is 18.9 Å². The molecule has 3 unspecified atom stereocenters. The van der Waals surface area contributed by atoms with Crippen LogP contribution < -0.4 is 10.6 Å². The molecule has 19 heavy (non-hydrogen) atoms. The first kappa shape index (κ1) is 14.3. The highest BCUT2D eigenvalue weighted by Gasteiger charge is 2.26. The summed E-state index contributed by atoms with van der Waals surface area (Å²) in [6.07, 6.45) is 5.11. The van der Waals surface area contributed by atoms with Crippen LogP contribution in [0.25, 0.3) is 0 Å². The fourth-order valence-electron chi connectivity index (χ4n) is 3.26. The van der Waals surface area contributed by atoms with Gasteiger partial charge in [0.05, 0.1) is 0 Å². The molecule has 1 aromatic rings. The molecule has 3 atom stereocenters. The summed E-state index contributed by atoms with van der Waals surface area (Å²) in [7, 11) is 2.12. The topological polar surface area (TPSA) is 29.3 Å². The van der Waals surface area contributed by atoms with Gasteiger partial charge in [-0.2, -0.15) is 0 Å². The van der Waals surface area contributed by atoms with Crippen molar-refractivity contribution in [2.75, 3.05) is 11.9 Å². The highest BCUT2D eigenvalue weighted by molar-refractivity contribution is 5.55. The molecule has 3 heteroatoms. The minimum atomic E-state index is -0.207. The number of hydrogen-bond acceptors (Lipinski definition) is 2. The SMILES string of the molecule is CC(N)c1cc(F)ccc1N(C)C1CCCCC1C. The fraction of sp³-hybridized carbons (Fsp3) is 0.625. The minimum absolute atomic E-state index is 0.146. The standard InChI is InChI=1S/C16H25FN2/c1-11-6-4-5-7-15(11)19(3)16-9-8-13(17)10-14(16)12(2)18/h8-12,15H,4-7,18H2,1-3H3. The third kappa shape index (κ3) is 3.08. The van der Waals surface area contributed by atoms with E-state index in [-0.39, 0.29) is 11.9 Å². The molecule has 106 valence electrons. The van der Waals surface area contributed by atoms with Crippen molar-refractivity contribution in [2.24, 2.45) is 11.7 Å². The fourth-order valence-corrected chi connectivity index (χ4v) is 3.26. The largest absolute Gasteiger partial charge is 0.371 e. The normalized spacial score (nSPS) is 25.1. The van der Waals surface area contributed by atoms with E-state index in [1.807, 2.05) is 13.0 Å². The summed E-state index contributed by atoms with van der Waals surface area (Å²) in [6.45, 7) is 4.23. The Labute approximate surface area is 115 Å². The Hall–Kier alpha value is -1.09. The van der Waals surface area contributed by atoms with Gasteiger partial charge >= 0.3 is 0 Å². The predicted octanol–water partition coefficient (Wildman–Crippen LogP) is 3.86. The zero-order valence-corrected chi connectivity index (χ0v) is 12.2. The second kappa shape index (κ2) is 5.91. The van der Waals surface area contributed by atoms with Gasteiger partial charge in [0.1, 0.15) is 5.82 Å². The van der Waals surface area contributed by atoms with Crippen molar-refractivity contribution in [3.63, 3.8) is 0 Å². The van der Waals surface area contributed by atoms with Crippen LogP contribution in [-0.4, -0.2) is 13.1 Å². The lowest BCUT2D eigenvalue weighted by Gasteiger charge is -2.39. The molecular weight excluding hydrogens is 239 g/mol. The molecule has 0 spiro atoms. The van der Waals surface area contributed by atoms with Crippen molar-refractivity contribution in [3.8, 4) is 0 Å². The quantitative estimate of drug-likeness (QED) is 0.898. The molecule has 1 aromatic carbocycles. The maximum absolute atomic E-state index is 13.4. The average molecular weight is 264 g/mol. The molecule has 0 saturated heterocycles. The number of rotatable bonds is 3. The highest BCUT2D eigenvalue weighted by Crippen LogP contribution is 2.33. The Kier molecular flexibility index (Phi) is 4.46. The summed E-state index contributed by atoms with van der Waals surface area (Å²) < 4.78 is 13.4. The van der Waals surface area contributed by atoms with Gasteiger partial charge < -0.3 is 10.6 Å². The van der Waals surface area contributed by atoms with Crippen LogP contribution in [0.2, 0.25) is 0 Å². The molecular formula is C16H25FN2. The van der Waals surface area contributed by atoms with Crippen LogP contribution in [0.5, 0.6) is 0 Å². The van der Waals surface area contributed by atoms with E-state index in [1.165, 1.54) is 31.7 Å². The first-order valence-corrected chi connectivity index (χ1v) is 7.28. The third-order valence-corrected chi connectivity index (χ3v) is 4.42. The van der Waals surface area contributed by atoms with Gasteiger partial charge in [-0.15, -0.1) is 0 Å². The maximum Gasteiger partial charge on any atom is 0.123 e. The summed E-state index contributed by atoms with van der Waals surface area (Å²) in [5.41, 5.74) is 7.97. The van der Waals surface area contributed by atoms with Gasteiger partial charge in [0.15, 0.2) is 0 Å². The van der Waals surface area contributed by atoms with E-state index in [4.69, 9.17) is 5.73 Å². The number of anilines is 1. The summed E-state index contributed by atoms with van der Waals surface area (Å²) in [4.78, 5) is 2.31. The van der Waals surface area contributed by atoms with Crippen LogP contribution in [-0.2, 0) is 0 Å². The highest BCUT2D eigenvalue weighted by atomic mass is 19.1. The second-order valence-electron chi connectivity index (χ2n) is 5.93. The van der Waals surface area contributed by atoms with E-state index < -0.39 is 0 Å². The summed E-state index contributed by atoms with van der Waals surface area (Å²) in [6, 6.07) is 5.37. The van der Waals surface area contributed by atoms with E-state index in [0.29, 0.717) is 12.0 Å². The number of hydrogen-bond donors (Lipinski definition) is 1. The van der Waals surface area contributed by atoms with Crippen LogP contribution >= 0.6 is 0 Å². The van der Waals surface area contributed by atoms with Crippen molar-refractivity contribution in [2.45, 2.75) is 51.6 Å². The number of halogens is 1. The Morgan fingerprint density at radius 2 is 2.00 bits per heavy atom. The van der Waals surface area contributed by atoms with Crippen molar-refractivity contribution >= 4 is 5.69 Å². The van der Waals surface area contributed by atoms with E-state index in [1.54, 1.807) is 6.07 Å². The zero-order valence-electron chi connectivity index (χ0n) is 12.2. The van der Waals surface area contributed by atoms with Crippen LogP contribution in [0.3, 0.4) is 0 Å². The monoisotopic (exact) mass is 264 g/mol. The lowest BCUT2D eigenvalue weighted by molar-refractivity contribution is 0.321. The summed E-state index contributed by atoms with van der Waals surface area (Å²) in [5, 5.41) is 0. The molecule has 1 fully saturated rings. The molecule has 0 aliphatic heterocycles. The van der Waals surface area contributed by atoms with Crippen LogP contribution in [0.4, 0.5) is 10.1 Å². The molecule has 2 N–H and O–H groups in total.